The standard InChI is InChI=1S/C24H24N4O2/c1-16(29)13-19-14-21(11-12-25-19)30-20-9-10-23-22(15-20)27-24(28(23)3)26-17(2)18-7-5-4-6-8-18/h4-12,14-15,17H,13H2,1-3H3,(H,26,27). The third-order valence-electron chi connectivity index (χ3n) is 4.95. The van der Waals surface area contributed by atoms with Crippen LogP contribution in [-0.2, 0) is 18.3 Å². The van der Waals surface area contributed by atoms with Crippen LogP contribution < -0.4 is 10.1 Å². The lowest BCUT2D eigenvalue weighted by Gasteiger charge is -2.14. The summed E-state index contributed by atoms with van der Waals surface area (Å²) in [5.74, 6) is 2.20. The number of benzene rings is 2. The molecule has 0 fully saturated rings. The average Bonchev–Trinajstić information content (AvgIpc) is 3.03. The number of rotatable bonds is 7. The van der Waals surface area contributed by atoms with Crippen molar-refractivity contribution in [2.45, 2.75) is 26.3 Å². The van der Waals surface area contributed by atoms with Crippen molar-refractivity contribution in [2.24, 2.45) is 7.05 Å². The number of nitrogens with zero attached hydrogens (tertiary/aromatic N) is 3. The van der Waals surface area contributed by atoms with Gasteiger partial charge in [-0.3, -0.25) is 9.78 Å². The molecule has 0 aliphatic heterocycles. The molecule has 0 aliphatic rings. The van der Waals surface area contributed by atoms with E-state index >= 15 is 0 Å². The van der Waals surface area contributed by atoms with Crippen LogP contribution in [0.5, 0.6) is 11.5 Å². The van der Waals surface area contributed by atoms with Gasteiger partial charge in [-0.05, 0) is 37.6 Å². The number of hydrogen-bond donors (Lipinski definition) is 1. The number of carbonyl (C=O) groups excluding carboxylic acids is 1. The Balaban J connectivity index is 1.55. The molecule has 4 rings (SSSR count). The van der Waals surface area contributed by atoms with E-state index in [1.165, 1.54) is 5.56 Å². The molecule has 2 aromatic carbocycles. The molecule has 0 saturated heterocycles. The molecular formula is C24H24N4O2. The number of ketones is 1. The normalized spacial score (nSPS) is 12.0. The smallest absolute Gasteiger partial charge is 0.204 e. The van der Waals surface area contributed by atoms with Crippen LogP contribution in [0.1, 0.15) is 31.1 Å². The molecule has 0 bridgehead atoms. The van der Waals surface area contributed by atoms with Gasteiger partial charge < -0.3 is 14.6 Å². The molecular weight excluding hydrogens is 376 g/mol. The van der Waals surface area contributed by atoms with Crippen LogP contribution in [0.15, 0.2) is 66.9 Å². The van der Waals surface area contributed by atoms with Crippen molar-refractivity contribution in [3.8, 4) is 11.5 Å². The summed E-state index contributed by atoms with van der Waals surface area (Å²) >= 11 is 0. The van der Waals surface area contributed by atoms with Gasteiger partial charge in [0.15, 0.2) is 0 Å². The highest BCUT2D eigenvalue weighted by Crippen LogP contribution is 2.28. The number of imidazole rings is 1. The van der Waals surface area contributed by atoms with Gasteiger partial charge in [-0.15, -0.1) is 0 Å². The Morgan fingerprint density at radius 3 is 2.63 bits per heavy atom. The molecule has 0 aliphatic carbocycles. The molecule has 2 aromatic heterocycles. The van der Waals surface area contributed by atoms with Gasteiger partial charge in [0, 0.05) is 31.8 Å². The molecule has 1 atom stereocenters. The monoisotopic (exact) mass is 400 g/mol. The van der Waals surface area contributed by atoms with E-state index in [9.17, 15) is 4.79 Å². The fourth-order valence-electron chi connectivity index (χ4n) is 3.40. The quantitative estimate of drug-likeness (QED) is 0.469. The number of Topliss-reactive ketones (excluding diaryl/α,β-unsaturated/α-hetero) is 1. The highest BCUT2D eigenvalue weighted by Gasteiger charge is 2.13. The van der Waals surface area contributed by atoms with Crippen molar-refractivity contribution < 1.29 is 9.53 Å². The van der Waals surface area contributed by atoms with E-state index < -0.39 is 0 Å². The van der Waals surface area contributed by atoms with E-state index in [2.05, 4.69) is 29.4 Å². The molecule has 0 spiro atoms. The predicted molar refractivity (Wildman–Crippen MR) is 118 cm³/mol. The SMILES string of the molecule is CC(=O)Cc1cc(Oc2ccc3c(c2)nc(NC(C)c2ccccc2)n3C)ccn1. The van der Waals surface area contributed by atoms with E-state index in [0.29, 0.717) is 23.6 Å². The largest absolute Gasteiger partial charge is 0.457 e. The first kappa shape index (κ1) is 19.6. The number of hydrogen-bond acceptors (Lipinski definition) is 5. The Kier molecular flexibility index (Phi) is 5.48. The zero-order chi connectivity index (χ0) is 21.1. The molecule has 1 N–H and O–H groups in total. The molecule has 0 amide bonds. The van der Waals surface area contributed by atoms with Crippen molar-refractivity contribution in [1.82, 2.24) is 14.5 Å². The van der Waals surface area contributed by atoms with Crippen LogP contribution in [0.2, 0.25) is 0 Å². The third kappa shape index (κ3) is 4.33. The van der Waals surface area contributed by atoms with Gasteiger partial charge in [-0.2, -0.15) is 0 Å². The predicted octanol–water partition coefficient (Wildman–Crippen LogP) is 5.07. The Morgan fingerprint density at radius 1 is 1.10 bits per heavy atom. The summed E-state index contributed by atoms with van der Waals surface area (Å²) in [7, 11) is 1.99. The fourth-order valence-corrected chi connectivity index (χ4v) is 3.40. The van der Waals surface area contributed by atoms with Gasteiger partial charge >= 0.3 is 0 Å². The number of pyridine rings is 1. The first-order valence-corrected chi connectivity index (χ1v) is 9.90. The first-order chi connectivity index (χ1) is 14.5. The summed E-state index contributed by atoms with van der Waals surface area (Å²) in [5, 5.41) is 3.48. The Labute approximate surface area is 175 Å². The second-order valence-corrected chi connectivity index (χ2v) is 7.39. The van der Waals surface area contributed by atoms with Gasteiger partial charge in [0.05, 0.1) is 22.8 Å². The Hall–Kier alpha value is -3.67. The number of nitrogens with one attached hydrogen (secondary N) is 1. The van der Waals surface area contributed by atoms with Crippen molar-refractivity contribution >= 4 is 22.8 Å². The summed E-state index contributed by atoms with van der Waals surface area (Å²) < 4.78 is 8.02. The van der Waals surface area contributed by atoms with Gasteiger partial charge in [-0.1, -0.05) is 30.3 Å². The van der Waals surface area contributed by atoms with Gasteiger partial charge in [-0.25, -0.2) is 4.98 Å². The molecule has 6 heteroatoms. The van der Waals surface area contributed by atoms with Crippen molar-refractivity contribution in [2.75, 3.05) is 5.32 Å². The summed E-state index contributed by atoms with van der Waals surface area (Å²) in [6.45, 7) is 3.67. The Bertz CT molecular complexity index is 1180. The summed E-state index contributed by atoms with van der Waals surface area (Å²) in [6.07, 6.45) is 1.95. The Morgan fingerprint density at radius 2 is 1.87 bits per heavy atom. The lowest BCUT2D eigenvalue weighted by Crippen LogP contribution is -2.10. The molecule has 0 radical (unpaired) electrons. The maximum atomic E-state index is 11.3. The number of aryl methyl sites for hydroxylation is 1. The number of carbonyl (C=O) groups is 1. The summed E-state index contributed by atoms with van der Waals surface area (Å²) in [4.78, 5) is 20.3. The topological polar surface area (TPSA) is 69.0 Å². The molecule has 30 heavy (non-hydrogen) atoms. The van der Waals surface area contributed by atoms with E-state index in [1.807, 2.05) is 48.0 Å². The van der Waals surface area contributed by atoms with Crippen LogP contribution in [0.25, 0.3) is 11.0 Å². The van der Waals surface area contributed by atoms with Crippen LogP contribution in [0, 0.1) is 0 Å². The molecule has 6 nitrogen and oxygen atoms in total. The van der Waals surface area contributed by atoms with E-state index in [4.69, 9.17) is 9.72 Å². The zero-order valence-electron chi connectivity index (χ0n) is 17.3. The summed E-state index contributed by atoms with van der Waals surface area (Å²) in [6, 6.07) is 19.8. The van der Waals surface area contributed by atoms with Crippen molar-refractivity contribution in [1.29, 1.82) is 0 Å². The molecule has 2 heterocycles. The minimum absolute atomic E-state index is 0.0688. The zero-order valence-corrected chi connectivity index (χ0v) is 17.3. The summed E-state index contributed by atoms with van der Waals surface area (Å²) in [5.41, 5.74) is 3.75. The van der Waals surface area contributed by atoms with Gasteiger partial charge in [0.1, 0.15) is 17.3 Å². The van der Waals surface area contributed by atoms with Gasteiger partial charge in [0.2, 0.25) is 5.95 Å². The van der Waals surface area contributed by atoms with E-state index in [0.717, 1.165) is 17.0 Å². The second-order valence-electron chi connectivity index (χ2n) is 7.39. The van der Waals surface area contributed by atoms with Crippen LogP contribution in [-0.4, -0.2) is 20.3 Å². The maximum absolute atomic E-state index is 11.3. The van der Waals surface area contributed by atoms with Crippen LogP contribution in [0.3, 0.4) is 0 Å². The lowest BCUT2D eigenvalue weighted by atomic mass is 10.1. The third-order valence-corrected chi connectivity index (χ3v) is 4.95. The maximum Gasteiger partial charge on any atom is 0.204 e. The second kappa shape index (κ2) is 8.37. The minimum atomic E-state index is 0.0688. The fraction of sp³-hybridized carbons (Fsp3) is 0.208. The number of fused-ring (bicyclic) bond motifs is 1. The van der Waals surface area contributed by atoms with E-state index in [-0.39, 0.29) is 11.8 Å². The number of aromatic nitrogens is 3. The molecule has 1 unspecified atom stereocenters. The lowest BCUT2D eigenvalue weighted by molar-refractivity contribution is -0.116. The minimum Gasteiger partial charge on any atom is -0.457 e. The highest BCUT2D eigenvalue weighted by atomic mass is 16.5. The van der Waals surface area contributed by atoms with Gasteiger partial charge in [0.25, 0.3) is 0 Å². The number of ether oxygens (including phenoxy) is 1. The van der Waals surface area contributed by atoms with Crippen molar-refractivity contribution in [3.05, 3.63) is 78.1 Å². The van der Waals surface area contributed by atoms with Crippen LogP contribution >= 0.6 is 0 Å². The molecule has 0 saturated carbocycles. The molecule has 4 aromatic rings. The molecule has 152 valence electrons. The van der Waals surface area contributed by atoms with Crippen LogP contribution in [0.4, 0.5) is 5.95 Å². The van der Waals surface area contributed by atoms with Crippen molar-refractivity contribution in [3.63, 3.8) is 0 Å². The highest BCUT2D eigenvalue weighted by molar-refractivity contribution is 5.80. The van der Waals surface area contributed by atoms with E-state index in [1.54, 1.807) is 25.3 Å². The number of anilines is 1. The first-order valence-electron chi connectivity index (χ1n) is 9.90. The average molecular weight is 400 g/mol.